The summed E-state index contributed by atoms with van der Waals surface area (Å²) in [5, 5.41) is 11.4. The number of benzene rings is 2. The Bertz CT molecular complexity index is 964. The van der Waals surface area contributed by atoms with Gasteiger partial charge in [0, 0.05) is 49.4 Å². The summed E-state index contributed by atoms with van der Waals surface area (Å²) in [5.74, 6) is -0.101. The van der Waals surface area contributed by atoms with Gasteiger partial charge in [0.2, 0.25) is 5.78 Å². The number of non-ortho nitro benzene ring substituents is 1. The highest BCUT2D eigenvalue weighted by molar-refractivity contribution is 6.12. The van der Waals surface area contributed by atoms with E-state index in [4.69, 9.17) is 9.47 Å². The van der Waals surface area contributed by atoms with E-state index in [1.54, 1.807) is 24.3 Å². The third kappa shape index (κ3) is 4.76. The third-order valence-corrected chi connectivity index (χ3v) is 5.46. The number of Topliss-reactive ketones (excluding diaryl/α,β-unsaturated/α-hetero) is 1. The number of rotatable bonds is 6. The fraction of sp³-hybridized carbons (Fsp3) is 0.348. The molecule has 0 aliphatic carbocycles. The van der Waals surface area contributed by atoms with Crippen molar-refractivity contribution in [3.8, 4) is 0 Å². The van der Waals surface area contributed by atoms with Gasteiger partial charge in [-0.3, -0.25) is 14.9 Å². The third-order valence-electron chi connectivity index (χ3n) is 5.46. The van der Waals surface area contributed by atoms with Crippen LogP contribution in [-0.2, 0) is 9.47 Å². The first-order valence-electron chi connectivity index (χ1n) is 10.4. The summed E-state index contributed by atoms with van der Waals surface area (Å²) >= 11 is 0. The molecule has 31 heavy (non-hydrogen) atoms. The lowest BCUT2D eigenvalue weighted by atomic mass is 10.00. The molecule has 2 aromatic carbocycles. The van der Waals surface area contributed by atoms with Gasteiger partial charge in [0.25, 0.3) is 5.69 Å². The Morgan fingerprint density at radius 3 is 2.00 bits per heavy atom. The first kappa shape index (κ1) is 21.0. The zero-order valence-corrected chi connectivity index (χ0v) is 17.2. The van der Waals surface area contributed by atoms with Crippen LogP contribution in [0.25, 0.3) is 5.70 Å². The lowest BCUT2D eigenvalue weighted by Gasteiger charge is -2.37. The maximum Gasteiger partial charge on any atom is 0.270 e. The lowest BCUT2D eigenvalue weighted by Crippen LogP contribution is -2.42. The van der Waals surface area contributed by atoms with Gasteiger partial charge < -0.3 is 19.3 Å². The number of allylic oxidation sites excluding steroid dienone is 1. The minimum atomic E-state index is -0.409. The van der Waals surface area contributed by atoms with Crippen molar-refractivity contribution in [3.63, 3.8) is 0 Å². The number of nitro benzene ring substituents is 1. The quantitative estimate of drug-likeness (QED) is 0.306. The summed E-state index contributed by atoms with van der Waals surface area (Å²) in [6.45, 7) is 4.49. The van der Waals surface area contributed by atoms with Gasteiger partial charge in [0.1, 0.15) is 5.70 Å². The van der Waals surface area contributed by atoms with E-state index in [9.17, 15) is 14.9 Å². The molecule has 0 unspecified atom stereocenters. The smallest absolute Gasteiger partial charge is 0.270 e. The van der Waals surface area contributed by atoms with Crippen molar-refractivity contribution in [1.82, 2.24) is 9.80 Å². The highest BCUT2D eigenvalue weighted by atomic mass is 16.6. The first-order valence-corrected chi connectivity index (χ1v) is 10.4. The predicted molar refractivity (Wildman–Crippen MR) is 116 cm³/mol. The minimum Gasteiger partial charge on any atom is -0.378 e. The summed E-state index contributed by atoms with van der Waals surface area (Å²) in [7, 11) is 0. The number of hydrogen-bond acceptors (Lipinski definition) is 7. The summed E-state index contributed by atoms with van der Waals surface area (Å²) in [6, 6.07) is 15.7. The molecular weight excluding hydrogens is 398 g/mol. The molecule has 2 fully saturated rings. The largest absolute Gasteiger partial charge is 0.378 e. The van der Waals surface area contributed by atoms with Crippen LogP contribution < -0.4 is 0 Å². The van der Waals surface area contributed by atoms with E-state index in [1.807, 2.05) is 29.2 Å². The predicted octanol–water partition coefficient (Wildman–Crippen LogP) is 2.81. The molecule has 2 saturated heterocycles. The van der Waals surface area contributed by atoms with E-state index in [1.165, 1.54) is 6.07 Å². The zero-order valence-electron chi connectivity index (χ0n) is 17.2. The number of hydrogen-bond donors (Lipinski definition) is 0. The number of ketones is 1. The molecule has 4 rings (SSSR count). The first-order chi connectivity index (χ1) is 15.1. The molecule has 162 valence electrons. The van der Waals surface area contributed by atoms with E-state index < -0.39 is 4.92 Å². The molecule has 8 nitrogen and oxygen atoms in total. The molecule has 0 saturated carbocycles. The van der Waals surface area contributed by atoms with Crippen molar-refractivity contribution in [2.75, 3.05) is 52.6 Å². The Morgan fingerprint density at radius 1 is 0.806 bits per heavy atom. The van der Waals surface area contributed by atoms with Gasteiger partial charge in [0.05, 0.1) is 37.0 Å². The Balaban J connectivity index is 1.91. The minimum absolute atomic E-state index is 0.00301. The summed E-state index contributed by atoms with van der Waals surface area (Å²) in [5.41, 5.74) is 2.50. The van der Waals surface area contributed by atoms with E-state index in [-0.39, 0.29) is 11.5 Å². The SMILES string of the molecule is O=C(/C(=C(\c1cccc([N+](=O)[O-])c1)N1CCOCC1)N1CCOCC1)c1ccccc1. The Labute approximate surface area is 180 Å². The summed E-state index contributed by atoms with van der Waals surface area (Å²) in [4.78, 5) is 29.0. The Kier molecular flexibility index (Phi) is 6.59. The zero-order chi connectivity index (χ0) is 21.6. The fourth-order valence-corrected chi connectivity index (χ4v) is 3.94. The van der Waals surface area contributed by atoms with Crippen molar-refractivity contribution < 1.29 is 19.2 Å². The van der Waals surface area contributed by atoms with E-state index in [0.29, 0.717) is 75.1 Å². The number of nitro groups is 1. The van der Waals surface area contributed by atoms with Crippen LogP contribution in [0, 0.1) is 10.1 Å². The van der Waals surface area contributed by atoms with Gasteiger partial charge in [0.15, 0.2) is 0 Å². The van der Waals surface area contributed by atoms with Crippen LogP contribution in [0.5, 0.6) is 0 Å². The van der Waals surface area contributed by atoms with E-state index >= 15 is 0 Å². The molecule has 2 heterocycles. The molecule has 2 aliphatic heterocycles. The molecule has 0 radical (unpaired) electrons. The maximum atomic E-state index is 13.8. The van der Waals surface area contributed by atoms with Gasteiger partial charge in [-0.2, -0.15) is 0 Å². The summed E-state index contributed by atoms with van der Waals surface area (Å²) in [6.07, 6.45) is 0. The van der Waals surface area contributed by atoms with Crippen molar-refractivity contribution >= 4 is 17.2 Å². The van der Waals surface area contributed by atoms with Gasteiger partial charge in [-0.1, -0.05) is 42.5 Å². The van der Waals surface area contributed by atoms with Crippen molar-refractivity contribution in [1.29, 1.82) is 0 Å². The molecule has 8 heteroatoms. The molecular formula is C23H25N3O5. The molecule has 0 aromatic heterocycles. The molecule has 0 bridgehead atoms. The van der Waals surface area contributed by atoms with Crippen LogP contribution >= 0.6 is 0 Å². The average Bonchev–Trinajstić information content (AvgIpc) is 2.84. The standard InChI is InChI=1S/C23H25N3O5/c27-23(18-5-2-1-3-6-18)22(25-11-15-31-16-12-25)21(24-9-13-30-14-10-24)19-7-4-8-20(17-19)26(28)29/h1-8,17H,9-16H2/b22-21-. The van der Waals surface area contributed by atoms with Gasteiger partial charge in [-0.25, -0.2) is 0 Å². The van der Waals surface area contributed by atoms with Crippen LogP contribution in [0.2, 0.25) is 0 Å². The second-order valence-corrected chi connectivity index (χ2v) is 7.40. The van der Waals surface area contributed by atoms with Crippen LogP contribution in [0.1, 0.15) is 15.9 Å². The number of morpholine rings is 2. The molecule has 0 atom stereocenters. The van der Waals surface area contributed by atoms with Gasteiger partial charge >= 0.3 is 0 Å². The molecule has 0 N–H and O–H groups in total. The second kappa shape index (κ2) is 9.72. The number of nitrogens with zero attached hydrogens (tertiary/aromatic N) is 3. The van der Waals surface area contributed by atoms with E-state index in [0.717, 1.165) is 0 Å². The molecule has 2 aromatic rings. The van der Waals surface area contributed by atoms with Crippen molar-refractivity contribution in [2.24, 2.45) is 0 Å². The number of ether oxygens (including phenoxy) is 2. The van der Waals surface area contributed by atoms with E-state index in [2.05, 4.69) is 4.90 Å². The number of carbonyl (C=O) groups is 1. The lowest BCUT2D eigenvalue weighted by molar-refractivity contribution is -0.384. The fourth-order valence-electron chi connectivity index (χ4n) is 3.94. The van der Waals surface area contributed by atoms with Crippen molar-refractivity contribution in [2.45, 2.75) is 0 Å². The maximum absolute atomic E-state index is 13.8. The Hall–Kier alpha value is -3.23. The average molecular weight is 423 g/mol. The highest BCUT2D eigenvalue weighted by Crippen LogP contribution is 2.31. The van der Waals surface area contributed by atoms with Gasteiger partial charge in [-0.15, -0.1) is 0 Å². The van der Waals surface area contributed by atoms with Crippen molar-refractivity contribution in [3.05, 3.63) is 81.5 Å². The number of carbonyl (C=O) groups excluding carboxylic acids is 1. The molecule has 2 aliphatic rings. The summed E-state index contributed by atoms with van der Waals surface area (Å²) < 4.78 is 11.0. The van der Waals surface area contributed by atoms with Crippen LogP contribution in [-0.4, -0.2) is 73.1 Å². The normalized spacial score (nSPS) is 17.8. The Morgan fingerprint density at radius 2 is 1.39 bits per heavy atom. The van der Waals surface area contributed by atoms with Crippen LogP contribution in [0.3, 0.4) is 0 Å². The topological polar surface area (TPSA) is 85.1 Å². The van der Waals surface area contributed by atoms with Crippen LogP contribution in [0.4, 0.5) is 5.69 Å². The monoisotopic (exact) mass is 423 g/mol. The molecule has 0 amide bonds. The molecule has 0 spiro atoms. The second-order valence-electron chi connectivity index (χ2n) is 7.40. The highest BCUT2D eigenvalue weighted by Gasteiger charge is 2.30. The van der Waals surface area contributed by atoms with Crippen LogP contribution in [0.15, 0.2) is 60.3 Å². The van der Waals surface area contributed by atoms with Gasteiger partial charge in [-0.05, 0) is 0 Å².